The maximum absolute atomic E-state index is 13.8. The summed E-state index contributed by atoms with van der Waals surface area (Å²) in [5.41, 5.74) is 1.28. The van der Waals surface area contributed by atoms with Crippen LogP contribution in [0.5, 0.6) is 17.2 Å². The molecular weight excluding hydrogens is 464 g/mol. The van der Waals surface area contributed by atoms with Gasteiger partial charge in [-0.25, -0.2) is 9.97 Å². The van der Waals surface area contributed by atoms with E-state index >= 15 is 0 Å². The number of amides is 1. The quantitative estimate of drug-likeness (QED) is 0.261. The Bertz CT molecular complexity index is 1260. The summed E-state index contributed by atoms with van der Waals surface area (Å²) in [6.07, 6.45) is 6.19. The zero-order chi connectivity index (χ0) is 24.6. The van der Waals surface area contributed by atoms with Crippen LogP contribution >= 0.6 is 11.3 Å². The molecule has 0 aliphatic carbocycles. The number of hydrogen-bond acceptors (Lipinski definition) is 7. The molecule has 8 nitrogen and oxygen atoms in total. The molecule has 0 radical (unpaired) electrons. The van der Waals surface area contributed by atoms with Gasteiger partial charge >= 0.3 is 0 Å². The predicted molar refractivity (Wildman–Crippen MR) is 138 cm³/mol. The summed E-state index contributed by atoms with van der Waals surface area (Å²) >= 11 is 1.48. The number of hydrogen-bond donors (Lipinski definition) is 0. The van der Waals surface area contributed by atoms with Crippen molar-refractivity contribution >= 4 is 32.6 Å². The van der Waals surface area contributed by atoms with E-state index in [2.05, 4.69) is 4.98 Å². The highest BCUT2D eigenvalue weighted by Gasteiger charge is 2.23. The van der Waals surface area contributed by atoms with Crippen LogP contribution in [0, 0.1) is 0 Å². The molecule has 0 aliphatic rings. The van der Waals surface area contributed by atoms with Crippen molar-refractivity contribution < 1.29 is 19.0 Å². The lowest BCUT2D eigenvalue weighted by molar-refractivity contribution is 0.0985. The molecule has 2 aromatic heterocycles. The van der Waals surface area contributed by atoms with E-state index in [9.17, 15) is 4.79 Å². The van der Waals surface area contributed by atoms with E-state index in [4.69, 9.17) is 19.2 Å². The monoisotopic (exact) mass is 494 g/mol. The summed E-state index contributed by atoms with van der Waals surface area (Å²) in [5, 5.41) is 0.634. The zero-order valence-corrected chi connectivity index (χ0v) is 21.1. The number of nitrogens with zero attached hydrogens (tertiary/aromatic N) is 4. The Hall–Kier alpha value is -3.59. The molecule has 4 rings (SSSR count). The second kappa shape index (κ2) is 11.7. The Morgan fingerprint density at radius 3 is 2.51 bits per heavy atom. The third-order valence-electron chi connectivity index (χ3n) is 5.29. The van der Waals surface area contributed by atoms with Crippen LogP contribution in [0.3, 0.4) is 0 Å². The molecule has 4 aromatic rings. The normalized spacial score (nSPS) is 10.9. The lowest BCUT2D eigenvalue weighted by Gasteiger charge is -2.21. The fraction of sp³-hybridized carbons (Fsp3) is 0.346. The smallest absolute Gasteiger partial charge is 0.260 e. The molecule has 35 heavy (non-hydrogen) atoms. The first-order chi connectivity index (χ1) is 17.1. The highest BCUT2D eigenvalue weighted by Crippen LogP contribution is 2.36. The number of rotatable bonds is 12. The molecule has 0 aliphatic heterocycles. The van der Waals surface area contributed by atoms with Gasteiger partial charge in [0.1, 0.15) is 11.3 Å². The number of ether oxygens (including phenoxy) is 3. The second-order valence-corrected chi connectivity index (χ2v) is 8.68. The molecule has 0 atom stereocenters. The number of aryl methyl sites for hydroxylation is 1. The molecule has 0 bridgehead atoms. The molecule has 2 aromatic carbocycles. The Balaban J connectivity index is 1.67. The molecule has 1 amide bonds. The van der Waals surface area contributed by atoms with Gasteiger partial charge in [0, 0.05) is 31.0 Å². The van der Waals surface area contributed by atoms with Crippen molar-refractivity contribution in [3.05, 3.63) is 60.7 Å². The number of thiazole rings is 1. The van der Waals surface area contributed by atoms with Gasteiger partial charge in [0.15, 0.2) is 16.6 Å². The maximum atomic E-state index is 13.8. The van der Waals surface area contributed by atoms with Crippen molar-refractivity contribution in [2.75, 3.05) is 31.3 Å². The Morgan fingerprint density at radius 2 is 1.77 bits per heavy atom. The van der Waals surface area contributed by atoms with E-state index in [0.29, 0.717) is 48.6 Å². The van der Waals surface area contributed by atoms with Crippen molar-refractivity contribution in [1.29, 1.82) is 0 Å². The van der Waals surface area contributed by atoms with Crippen molar-refractivity contribution in [1.82, 2.24) is 14.5 Å². The van der Waals surface area contributed by atoms with Gasteiger partial charge in [-0.3, -0.25) is 9.69 Å². The van der Waals surface area contributed by atoms with Crippen molar-refractivity contribution in [3.8, 4) is 17.2 Å². The van der Waals surface area contributed by atoms with Gasteiger partial charge in [-0.05, 0) is 57.5 Å². The van der Waals surface area contributed by atoms with E-state index in [0.717, 1.165) is 28.9 Å². The van der Waals surface area contributed by atoms with E-state index in [-0.39, 0.29) is 5.91 Å². The van der Waals surface area contributed by atoms with Gasteiger partial charge in [0.2, 0.25) is 0 Å². The number of para-hydroxylation sites is 1. The molecule has 0 unspecified atom stereocenters. The topological polar surface area (TPSA) is 78.7 Å². The van der Waals surface area contributed by atoms with Crippen LogP contribution < -0.4 is 19.1 Å². The van der Waals surface area contributed by atoms with Crippen LogP contribution in [0.1, 0.15) is 37.6 Å². The Kier molecular flexibility index (Phi) is 8.20. The number of aromatic nitrogens is 3. The molecule has 9 heteroatoms. The van der Waals surface area contributed by atoms with Gasteiger partial charge in [-0.1, -0.05) is 17.4 Å². The van der Waals surface area contributed by atoms with Crippen LogP contribution in [-0.2, 0) is 6.54 Å². The Labute approximate surface area is 209 Å². The number of imidazole rings is 1. The van der Waals surface area contributed by atoms with E-state index < -0.39 is 0 Å². The van der Waals surface area contributed by atoms with E-state index in [1.807, 2.05) is 49.7 Å². The largest absolute Gasteiger partial charge is 0.492 e. The summed E-state index contributed by atoms with van der Waals surface area (Å²) in [7, 11) is 0. The molecule has 0 fully saturated rings. The highest BCUT2D eigenvalue weighted by atomic mass is 32.1. The van der Waals surface area contributed by atoms with Gasteiger partial charge in [-0.15, -0.1) is 0 Å². The van der Waals surface area contributed by atoms with Gasteiger partial charge in [0.05, 0.1) is 30.8 Å². The summed E-state index contributed by atoms with van der Waals surface area (Å²) in [4.78, 5) is 24.5. The van der Waals surface area contributed by atoms with Crippen molar-refractivity contribution in [2.45, 2.75) is 33.7 Å². The Morgan fingerprint density at radius 1 is 1.00 bits per heavy atom. The minimum Gasteiger partial charge on any atom is -0.492 e. The standard InChI is InChI=1S/C26H30N4O4S/c1-4-32-20-12-11-19(17-22(20)34-6-3)25(31)30(15-8-14-29-16-13-27-18-29)26-28-24-21(33-5-2)9-7-10-23(24)35-26/h7,9-13,16-18H,4-6,8,14-15H2,1-3H3. The van der Waals surface area contributed by atoms with Crippen molar-refractivity contribution in [3.63, 3.8) is 0 Å². The summed E-state index contributed by atoms with van der Waals surface area (Å²) in [6, 6.07) is 11.2. The van der Waals surface area contributed by atoms with E-state index in [1.54, 1.807) is 35.6 Å². The number of benzene rings is 2. The van der Waals surface area contributed by atoms with Crippen LogP contribution in [0.25, 0.3) is 10.2 Å². The molecule has 0 spiro atoms. The minimum absolute atomic E-state index is 0.142. The molecular formula is C26H30N4O4S. The average molecular weight is 495 g/mol. The molecule has 0 saturated heterocycles. The third kappa shape index (κ3) is 5.74. The fourth-order valence-corrected chi connectivity index (χ4v) is 4.76. The number of anilines is 1. The number of fused-ring (bicyclic) bond motifs is 1. The summed E-state index contributed by atoms with van der Waals surface area (Å²) in [6.45, 7) is 8.55. The second-order valence-electron chi connectivity index (χ2n) is 7.67. The SMILES string of the molecule is CCOc1ccc(C(=O)N(CCCn2ccnc2)c2nc3c(OCC)cccc3s2)cc1OCC. The minimum atomic E-state index is -0.142. The van der Waals surface area contributed by atoms with Crippen LogP contribution in [0.15, 0.2) is 55.1 Å². The first-order valence-electron chi connectivity index (χ1n) is 11.8. The number of carbonyl (C=O) groups is 1. The molecule has 2 heterocycles. The average Bonchev–Trinajstić information content (AvgIpc) is 3.53. The third-order valence-corrected chi connectivity index (χ3v) is 6.34. The maximum Gasteiger partial charge on any atom is 0.260 e. The summed E-state index contributed by atoms with van der Waals surface area (Å²) in [5.74, 6) is 1.76. The zero-order valence-electron chi connectivity index (χ0n) is 20.3. The van der Waals surface area contributed by atoms with Crippen LogP contribution in [-0.4, -0.2) is 46.8 Å². The first kappa shape index (κ1) is 24.5. The molecule has 0 N–H and O–H groups in total. The van der Waals surface area contributed by atoms with Crippen LogP contribution in [0.4, 0.5) is 5.13 Å². The van der Waals surface area contributed by atoms with Gasteiger partial charge < -0.3 is 18.8 Å². The van der Waals surface area contributed by atoms with E-state index in [1.165, 1.54) is 11.3 Å². The lowest BCUT2D eigenvalue weighted by Crippen LogP contribution is -2.32. The van der Waals surface area contributed by atoms with Crippen molar-refractivity contribution in [2.24, 2.45) is 0 Å². The van der Waals surface area contributed by atoms with Gasteiger partial charge in [-0.2, -0.15) is 0 Å². The molecule has 0 saturated carbocycles. The fourth-order valence-electron chi connectivity index (χ4n) is 3.75. The predicted octanol–water partition coefficient (Wildman–Crippen LogP) is 5.43. The van der Waals surface area contributed by atoms with Gasteiger partial charge in [0.25, 0.3) is 5.91 Å². The first-order valence-corrected chi connectivity index (χ1v) is 12.7. The number of carbonyl (C=O) groups excluding carboxylic acids is 1. The lowest BCUT2D eigenvalue weighted by atomic mass is 10.1. The summed E-state index contributed by atoms with van der Waals surface area (Å²) < 4.78 is 20.2. The van der Waals surface area contributed by atoms with Crippen LogP contribution in [0.2, 0.25) is 0 Å². The molecule has 184 valence electrons. The highest BCUT2D eigenvalue weighted by molar-refractivity contribution is 7.22.